The molecule has 1 atom stereocenters. The van der Waals surface area contributed by atoms with Crippen molar-refractivity contribution in [2.75, 3.05) is 0 Å². The summed E-state index contributed by atoms with van der Waals surface area (Å²) in [5, 5.41) is 20.2. The molecule has 0 bridgehead atoms. The molecule has 1 unspecified atom stereocenters. The van der Waals surface area contributed by atoms with E-state index in [4.69, 9.17) is 4.74 Å². The second kappa shape index (κ2) is 7.85. The average Bonchev–Trinajstić information content (AvgIpc) is 3.18. The highest BCUT2D eigenvalue weighted by Crippen LogP contribution is 2.34. The number of hydrogen-bond acceptors (Lipinski definition) is 5. The van der Waals surface area contributed by atoms with Crippen molar-refractivity contribution in [3.8, 4) is 17.7 Å². The zero-order chi connectivity index (χ0) is 20.4. The number of nitriles is 1. The van der Waals surface area contributed by atoms with E-state index in [0.29, 0.717) is 12.8 Å². The number of carbonyl (C=O) groups is 1. The first-order valence-electron chi connectivity index (χ1n) is 9.20. The molecule has 2 aromatic rings. The van der Waals surface area contributed by atoms with Crippen LogP contribution < -0.4 is 10.3 Å². The van der Waals surface area contributed by atoms with E-state index in [0.717, 1.165) is 17.4 Å². The van der Waals surface area contributed by atoms with E-state index in [1.165, 1.54) is 32.0 Å². The van der Waals surface area contributed by atoms with Crippen LogP contribution in [0.2, 0.25) is 0 Å². The molecule has 1 N–H and O–H groups in total. The van der Waals surface area contributed by atoms with Crippen molar-refractivity contribution < 1.29 is 19.0 Å². The average molecular weight is 384 g/mol. The van der Waals surface area contributed by atoms with E-state index in [-0.39, 0.29) is 28.5 Å². The van der Waals surface area contributed by atoms with E-state index in [9.17, 15) is 24.3 Å². The van der Waals surface area contributed by atoms with Crippen molar-refractivity contribution in [1.82, 2.24) is 4.57 Å². The molecule has 1 aromatic carbocycles. The van der Waals surface area contributed by atoms with Gasteiger partial charge in [-0.05, 0) is 44.4 Å². The van der Waals surface area contributed by atoms with Gasteiger partial charge in [0.05, 0.1) is 5.56 Å². The van der Waals surface area contributed by atoms with Gasteiger partial charge in [-0.2, -0.15) is 5.26 Å². The van der Waals surface area contributed by atoms with E-state index in [2.05, 4.69) is 0 Å². The van der Waals surface area contributed by atoms with Crippen molar-refractivity contribution in [3.05, 3.63) is 57.1 Å². The van der Waals surface area contributed by atoms with Gasteiger partial charge in [-0.1, -0.05) is 25.0 Å². The van der Waals surface area contributed by atoms with Gasteiger partial charge >= 0.3 is 0 Å². The summed E-state index contributed by atoms with van der Waals surface area (Å²) >= 11 is 0. The fraction of sp³-hybridized carbons (Fsp3) is 0.381. The zero-order valence-corrected chi connectivity index (χ0v) is 15.7. The zero-order valence-electron chi connectivity index (χ0n) is 15.7. The van der Waals surface area contributed by atoms with Crippen LogP contribution in [0.1, 0.15) is 60.1 Å². The van der Waals surface area contributed by atoms with Crippen LogP contribution in [-0.2, 0) is 0 Å². The Bertz CT molecular complexity index is 1020. The first kappa shape index (κ1) is 19.6. The SMILES string of the molecule is Cc1c(C(=O)C(C)Oc2ccccc2F)c(O)n(C2CCCC2)c(=O)c1C#N. The van der Waals surface area contributed by atoms with E-state index < -0.39 is 29.1 Å². The first-order valence-corrected chi connectivity index (χ1v) is 9.20. The lowest BCUT2D eigenvalue weighted by Crippen LogP contribution is -2.32. The molecule has 1 heterocycles. The maximum absolute atomic E-state index is 13.8. The number of ether oxygens (including phenoxy) is 1. The first-order chi connectivity index (χ1) is 13.4. The van der Waals surface area contributed by atoms with Crippen LogP contribution in [-0.4, -0.2) is 21.6 Å². The number of aromatic nitrogens is 1. The topological polar surface area (TPSA) is 92.3 Å². The Hall–Kier alpha value is -3.14. The molecule has 6 nitrogen and oxygen atoms in total. The molecule has 1 aliphatic carbocycles. The minimum atomic E-state index is -1.12. The Labute approximate surface area is 161 Å². The normalized spacial score (nSPS) is 15.2. The monoisotopic (exact) mass is 384 g/mol. The van der Waals surface area contributed by atoms with Crippen molar-refractivity contribution in [2.45, 2.75) is 51.7 Å². The lowest BCUT2D eigenvalue weighted by molar-refractivity contribution is 0.0806. The summed E-state index contributed by atoms with van der Waals surface area (Å²) in [4.78, 5) is 25.7. The summed E-state index contributed by atoms with van der Waals surface area (Å²) in [7, 11) is 0. The number of benzene rings is 1. The molecule has 0 aliphatic heterocycles. The number of pyridine rings is 1. The van der Waals surface area contributed by atoms with E-state index >= 15 is 0 Å². The van der Waals surface area contributed by atoms with Crippen LogP contribution in [0.15, 0.2) is 29.1 Å². The summed E-state index contributed by atoms with van der Waals surface area (Å²) in [6, 6.07) is 7.28. The molecule has 0 saturated heterocycles. The van der Waals surface area contributed by atoms with Gasteiger partial charge < -0.3 is 9.84 Å². The summed E-state index contributed by atoms with van der Waals surface area (Å²) in [5.41, 5.74) is -0.796. The number of rotatable bonds is 5. The maximum Gasteiger partial charge on any atom is 0.271 e. The molecule has 1 saturated carbocycles. The molecular formula is C21H21FN2O4. The van der Waals surface area contributed by atoms with Crippen molar-refractivity contribution in [3.63, 3.8) is 0 Å². The molecule has 0 amide bonds. The number of aromatic hydroxyl groups is 1. The minimum Gasteiger partial charge on any atom is -0.494 e. The smallest absolute Gasteiger partial charge is 0.271 e. The number of nitrogens with zero attached hydrogens (tertiary/aromatic N) is 2. The Morgan fingerprint density at radius 1 is 1.36 bits per heavy atom. The molecule has 0 spiro atoms. The third-order valence-corrected chi connectivity index (χ3v) is 5.19. The number of para-hydroxylation sites is 1. The van der Waals surface area contributed by atoms with Crippen LogP contribution in [0.25, 0.3) is 0 Å². The van der Waals surface area contributed by atoms with Gasteiger partial charge in [-0.3, -0.25) is 14.2 Å². The highest BCUT2D eigenvalue weighted by atomic mass is 19.1. The summed E-state index contributed by atoms with van der Waals surface area (Å²) < 4.78 is 20.4. The Morgan fingerprint density at radius 2 is 2.00 bits per heavy atom. The van der Waals surface area contributed by atoms with Crippen LogP contribution in [0, 0.1) is 24.1 Å². The van der Waals surface area contributed by atoms with Crippen molar-refractivity contribution >= 4 is 5.78 Å². The second-order valence-corrected chi connectivity index (χ2v) is 6.98. The van der Waals surface area contributed by atoms with Crippen LogP contribution in [0.3, 0.4) is 0 Å². The van der Waals surface area contributed by atoms with E-state index in [1.54, 1.807) is 6.07 Å². The largest absolute Gasteiger partial charge is 0.494 e. The van der Waals surface area contributed by atoms with Gasteiger partial charge in [-0.25, -0.2) is 4.39 Å². The summed E-state index contributed by atoms with van der Waals surface area (Å²) in [5.74, 6) is -1.79. The fourth-order valence-electron chi connectivity index (χ4n) is 3.71. The third kappa shape index (κ3) is 3.38. The molecular weight excluding hydrogens is 363 g/mol. The highest BCUT2D eigenvalue weighted by molar-refractivity contribution is 6.03. The molecule has 1 fully saturated rings. The minimum absolute atomic E-state index is 0.0925. The molecule has 146 valence electrons. The third-order valence-electron chi connectivity index (χ3n) is 5.19. The number of hydrogen-bond donors (Lipinski definition) is 1. The van der Waals surface area contributed by atoms with Gasteiger partial charge in [-0.15, -0.1) is 0 Å². The van der Waals surface area contributed by atoms with Crippen LogP contribution in [0.5, 0.6) is 11.6 Å². The van der Waals surface area contributed by atoms with Gasteiger partial charge in [0, 0.05) is 6.04 Å². The Balaban J connectivity index is 2.06. The number of Topliss-reactive ketones (excluding diaryl/α,β-unsaturated/α-hetero) is 1. The predicted molar refractivity (Wildman–Crippen MR) is 100 cm³/mol. The fourth-order valence-corrected chi connectivity index (χ4v) is 3.71. The standard InChI is InChI=1S/C21H21FN2O4/c1-12-15(11-23)20(26)24(14-7-3-4-8-14)21(27)18(12)19(25)13(2)28-17-10-6-5-9-16(17)22/h5-6,9-10,13-14,27H,3-4,7-8H2,1-2H3. The molecule has 1 aliphatic rings. The Morgan fingerprint density at radius 3 is 2.61 bits per heavy atom. The van der Waals surface area contributed by atoms with E-state index in [1.807, 2.05) is 6.07 Å². The molecule has 1 aromatic heterocycles. The van der Waals surface area contributed by atoms with Crippen molar-refractivity contribution in [2.24, 2.45) is 0 Å². The molecule has 3 rings (SSSR count). The van der Waals surface area contributed by atoms with Gasteiger partial charge in [0.25, 0.3) is 5.56 Å². The van der Waals surface area contributed by atoms with Crippen LogP contribution >= 0.6 is 0 Å². The molecule has 28 heavy (non-hydrogen) atoms. The maximum atomic E-state index is 13.8. The van der Waals surface area contributed by atoms with Crippen LogP contribution in [0.4, 0.5) is 4.39 Å². The predicted octanol–water partition coefficient (Wildman–Crippen LogP) is 3.64. The van der Waals surface area contributed by atoms with Gasteiger partial charge in [0.1, 0.15) is 11.6 Å². The number of halogens is 1. The lowest BCUT2D eigenvalue weighted by Gasteiger charge is -2.21. The quantitative estimate of drug-likeness (QED) is 0.795. The molecule has 0 radical (unpaired) electrons. The number of carbonyl (C=O) groups excluding carboxylic acids is 1. The number of ketones is 1. The lowest BCUT2D eigenvalue weighted by atomic mass is 9.98. The summed E-state index contributed by atoms with van der Waals surface area (Å²) in [6.45, 7) is 2.88. The van der Waals surface area contributed by atoms with Gasteiger partial charge in [0.2, 0.25) is 11.7 Å². The van der Waals surface area contributed by atoms with Gasteiger partial charge in [0.15, 0.2) is 17.7 Å². The second-order valence-electron chi connectivity index (χ2n) is 6.98. The van der Waals surface area contributed by atoms with Crippen molar-refractivity contribution in [1.29, 1.82) is 5.26 Å². The summed E-state index contributed by atoms with van der Waals surface area (Å²) in [6.07, 6.45) is 2.07. The Kier molecular flexibility index (Phi) is 5.50. The highest BCUT2D eigenvalue weighted by Gasteiger charge is 2.31. The molecule has 7 heteroatoms.